The first-order valence-electron chi connectivity index (χ1n) is 7.02. The van der Waals surface area contributed by atoms with Crippen LogP contribution in [-0.4, -0.2) is 37.6 Å². The van der Waals surface area contributed by atoms with Crippen molar-refractivity contribution in [2.45, 2.75) is 4.90 Å². The minimum atomic E-state index is -4.59. The fraction of sp³-hybridized carbons (Fsp3) is 0.0625. The molecule has 0 aliphatic carbocycles. The molecule has 0 saturated heterocycles. The van der Waals surface area contributed by atoms with E-state index in [0.717, 1.165) is 19.2 Å². The van der Waals surface area contributed by atoms with Gasteiger partial charge in [0.15, 0.2) is 0 Å². The molecule has 136 valence electrons. The van der Waals surface area contributed by atoms with Crippen LogP contribution >= 0.6 is 0 Å². The van der Waals surface area contributed by atoms with Gasteiger partial charge in [-0.1, -0.05) is 12.1 Å². The average Bonchev–Trinajstić information content (AvgIpc) is 2.62. The van der Waals surface area contributed by atoms with E-state index in [-0.39, 0.29) is 11.3 Å². The maximum Gasteiger partial charge on any atom is 0.370 e. The quantitative estimate of drug-likeness (QED) is 0.359. The molecule has 0 aliphatic rings. The molecule has 2 aromatic carbocycles. The van der Waals surface area contributed by atoms with Crippen molar-refractivity contribution in [3.63, 3.8) is 0 Å². The van der Waals surface area contributed by atoms with Gasteiger partial charge in [-0.25, -0.2) is 22.4 Å². The lowest BCUT2D eigenvalue weighted by Crippen LogP contribution is -2.27. The molecule has 8 nitrogen and oxygen atoms in total. The Morgan fingerprint density at radius 2 is 1.73 bits per heavy atom. The molecular weight excluding hydrogens is 367 g/mol. The van der Waals surface area contributed by atoms with Gasteiger partial charge in [0.2, 0.25) is 9.84 Å². The molecule has 10 heteroatoms. The maximum atomic E-state index is 13.8. The van der Waals surface area contributed by atoms with Crippen molar-refractivity contribution in [2.75, 3.05) is 12.5 Å². The largest absolute Gasteiger partial charge is 0.478 e. The normalized spacial score (nSPS) is 11.7. The summed E-state index contributed by atoms with van der Waals surface area (Å²) >= 11 is 0. The second-order valence-electron chi connectivity index (χ2n) is 4.84. The summed E-state index contributed by atoms with van der Waals surface area (Å²) in [6.45, 7) is 0. The molecule has 2 aromatic rings. The van der Waals surface area contributed by atoms with E-state index in [4.69, 9.17) is 5.11 Å². The smallest absolute Gasteiger partial charge is 0.370 e. The second-order valence-corrected chi connectivity index (χ2v) is 6.67. The van der Waals surface area contributed by atoms with Crippen molar-refractivity contribution in [3.05, 3.63) is 59.9 Å². The van der Waals surface area contributed by atoms with Gasteiger partial charge in [0.05, 0.1) is 18.4 Å². The number of rotatable bonds is 4. The number of aromatic carboxylic acids is 1. The van der Waals surface area contributed by atoms with Crippen LogP contribution in [0, 0.1) is 5.82 Å². The SMILES string of the molecule is COC(=O)/C(=N\Nc1ccc(C(=O)O)cc1)S(=O)(=O)c1ccccc1F. The number of nitrogens with one attached hydrogen (secondary N) is 1. The van der Waals surface area contributed by atoms with Crippen molar-refractivity contribution in [1.82, 2.24) is 0 Å². The Morgan fingerprint density at radius 3 is 2.27 bits per heavy atom. The minimum absolute atomic E-state index is 0.00620. The molecule has 0 aliphatic heterocycles. The lowest BCUT2D eigenvalue weighted by atomic mass is 10.2. The average molecular weight is 380 g/mol. The Hall–Kier alpha value is -3.27. The predicted octanol–water partition coefficient (Wildman–Crippen LogP) is 1.90. The number of carboxylic acid groups (broad SMARTS) is 1. The lowest BCUT2D eigenvalue weighted by molar-refractivity contribution is -0.132. The fourth-order valence-corrected chi connectivity index (χ4v) is 3.13. The number of hydrogen-bond acceptors (Lipinski definition) is 7. The standard InChI is InChI=1S/C16H13FN2O6S/c1-25-16(22)14(26(23,24)13-5-3-2-4-12(13)17)19-18-11-8-6-10(7-9-11)15(20)21/h2-9,18H,1H3,(H,20,21)/b19-14+. The van der Waals surface area contributed by atoms with E-state index in [9.17, 15) is 22.4 Å². The van der Waals surface area contributed by atoms with Crippen molar-refractivity contribution >= 4 is 32.5 Å². The number of hydrogen-bond donors (Lipinski definition) is 2. The molecule has 0 heterocycles. The van der Waals surface area contributed by atoms with E-state index in [0.29, 0.717) is 0 Å². The van der Waals surface area contributed by atoms with Crippen LogP contribution in [0.3, 0.4) is 0 Å². The summed E-state index contributed by atoms with van der Waals surface area (Å²) in [7, 11) is -3.64. The summed E-state index contributed by atoms with van der Waals surface area (Å²) in [5, 5.41) is 11.3. The first-order valence-corrected chi connectivity index (χ1v) is 8.50. The number of carbonyl (C=O) groups is 2. The lowest BCUT2D eigenvalue weighted by Gasteiger charge is -2.08. The number of nitrogens with zero attached hydrogens (tertiary/aromatic N) is 1. The highest BCUT2D eigenvalue weighted by Crippen LogP contribution is 2.18. The molecule has 2 N–H and O–H groups in total. The Morgan fingerprint density at radius 1 is 1.12 bits per heavy atom. The van der Waals surface area contributed by atoms with Gasteiger partial charge in [0.1, 0.15) is 10.7 Å². The number of ether oxygens (including phenoxy) is 1. The van der Waals surface area contributed by atoms with Crippen molar-refractivity contribution < 1.29 is 32.2 Å². The zero-order valence-corrected chi connectivity index (χ0v) is 14.2. The number of methoxy groups -OCH3 is 1. The fourth-order valence-electron chi connectivity index (χ4n) is 1.87. The Labute approximate surface area is 147 Å². The number of carbonyl (C=O) groups excluding carboxylic acids is 1. The van der Waals surface area contributed by atoms with E-state index >= 15 is 0 Å². The Balaban J connectivity index is 2.41. The van der Waals surface area contributed by atoms with Crippen molar-refractivity contribution in [2.24, 2.45) is 5.10 Å². The Bertz CT molecular complexity index is 970. The van der Waals surface area contributed by atoms with Crippen LogP contribution in [-0.2, 0) is 19.4 Å². The molecule has 0 saturated carbocycles. The summed E-state index contributed by atoms with van der Waals surface area (Å²) in [5.74, 6) is -3.48. The molecule has 0 unspecified atom stereocenters. The van der Waals surface area contributed by atoms with Gasteiger partial charge >= 0.3 is 11.9 Å². The maximum absolute atomic E-state index is 13.8. The van der Waals surface area contributed by atoms with E-state index < -0.39 is 37.5 Å². The van der Waals surface area contributed by atoms with Crippen molar-refractivity contribution in [3.8, 4) is 0 Å². The van der Waals surface area contributed by atoms with Crippen LogP contribution in [0.15, 0.2) is 58.5 Å². The number of sulfone groups is 1. The van der Waals surface area contributed by atoms with Gasteiger partial charge in [0.25, 0.3) is 5.04 Å². The molecule has 0 atom stereocenters. The highest BCUT2D eigenvalue weighted by Gasteiger charge is 2.32. The summed E-state index contributed by atoms with van der Waals surface area (Å²) < 4.78 is 43.3. The summed E-state index contributed by atoms with van der Waals surface area (Å²) in [4.78, 5) is 21.9. The van der Waals surface area contributed by atoms with Crippen LogP contribution < -0.4 is 5.43 Å². The van der Waals surface area contributed by atoms with E-state index in [2.05, 4.69) is 15.3 Å². The van der Waals surface area contributed by atoms with Gasteiger partial charge in [-0.15, -0.1) is 0 Å². The molecule has 0 radical (unpaired) electrons. The van der Waals surface area contributed by atoms with Gasteiger partial charge in [0, 0.05) is 0 Å². The number of benzene rings is 2. The highest BCUT2D eigenvalue weighted by molar-refractivity contribution is 8.08. The van der Waals surface area contributed by atoms with Crippen LogP contribution in [0.4, 0.5) is 10.1 Å². The predicted molar refractivity (Wildman–Crippen MR) is 90.1 cm³/mol. The van der Waals surface area contributed by atoms with E-state index in [1.807, 2.05) is 0 Å². The van der Waals surface area contributed by atoms with E-state index in [1.54, 1.807) is 0 Å². The number of carboxylic acids is 1. The number of anilines is 1. The number of esters is 1. The Kier molecular flexibility index (Phi) is 5.68. The van der Waals surface area contributed by atoms with Gasteiger partial charge in [-0.05, 0) is 36.4 Å². The molecule has 0 amide bonds. The first kappa shape index (κ1) is 19.1. The van der Waals surface area contributed by atoms with Crippen LogP contribution in [0.25, 0.3) is 0 Å². The monoisotopic (exact) mass is 380 g/mol. The van der Waals surface area contributed by atoms with Crippen LogP contribution in [0.5, 0.6) is 0 Å². The van der Waals surface area contributed by atoms with Gasteiger partial charge < -0.3 is 9.84 Å². The molecular formula is C16H13FN2O6S. The highest BCUT2D eigenvalue weighted by atomic mass is 32.2. The molecule has 2 rings (SSSR count). The first-order chi connectivity index (χ1) is 12.3. The van der Waals surface area contributed by atoms with E-state index in [1.165, 1.54) is 36.4 Å². The molecule has 0 spiro atoms. The minimum Gasteiger partial charge on any atom is -0.478 e. The topological polar surface area (TPSA) is 122 Å². The van der Waals surface area contributed by atoms with Crippen LogP contribution in [0.2, 0.25) is 0 Å². The third-order valence-corrected chi connectivity index (χ3v) is 4.84. The molecule has 0 fully saturated rings. The number of hydrazone groups is 1. The molecule has 26 heavy (non-hydrogen) atoms. The zero-order chi connectivity index (χ0) is 19.3. The van der Waals surface area contributed by atoms with Gasteiger partial charge in [-0.2, -0.15) is 5.10 Å². The van der Waals surface area contributed by atoms with Crippen LogP contribution in [0.1, 0.15) is 10.4 Å². The number of halogens is 1. The molecule has 0 aromatic heterocycles. The summed E-state index contributed by atoms with van der Waals surface area (Å²) in [6, 6.07) is 9.65. The van der Waals surface area contributed by atoms with Crippen molar-refractivity contribution in [1.29, 1.82) is 0 Å². The zero-order valence-electron chi connectivity index (χ0n) is 13.3. The summed E-state index contributed by atoms with van der Waals surface area (Å²) in [5.41, 5.74) is 2.53. The summed E-state index contributed by atoms with van der Waals surface area (Å²) in [6.07, 6.45) is 0. The third kappa shape index (κ3) is 4.03. The third-order valence-electron chi connectivity index (χ3n) is 3.16. The second kappa shape index (κ2) is 7.74. The molecule has 0 bridgehead atoms. The van der Waals surface area contributed by atoms with Gasteiger partial charge in [-0.3, -0.25) is 5.43 Å².